The number of fused-ring (bicyclic) bond motifs is 5. The molecule has 0 heterocycles. The second-order valence-corrected chi connectivity index (χ2v) is 8.92. The molecular formula is C20H28O2. The number of phenols is 1. The van der Waals surface area contributed by atoms with Crippen molar-refractivity contribution < 1.29 is 10.2 Å². The van der Waals surface area contributed by atoms with Gasteiger partial charge in [-0.3, -0.25) is 0 Å². The maximum absolute atomic E-state index is 10.7. The molecule has 2 nitrogen and oxygen atoms in total. The van der Waals surface area contributed by atoms with Crippen LogP contribution in [0.4, 0.5) is 0 Å². The van der Waals surface area contributed by atoms with Gasteiger partial charge in [-0.2, -0.15) is 0 Å². The van der Waals surface area contributed by atoms with E-state index < -0.39 is 0 Å². The first-order valence-electron chi connectivity index (χ1n) is 8.83. The van der Waals surface area contributed by atoms with E-state index in [9.17, 15) is 10.2 Å². The molecule has 2 fully saturated rings. The van der Waals surface area contributed by atoms with Crippen molar-refractivity contribution in [3.63, 3.8) is 0 Å². The highest BCUT2D eigenvalue weighted by molar-refractivity contribution is 5.40. The highest BCUT2D eigenvalue weighted by Crippen LogP contribution is 2.66. The van der Waals surface area contributed by atoms with Gasteiger partial charge in [0.25, 0.3) is 0 Å². The minimum Gasteiger partial charge on any atom is -0.508 e. The van der Waals surface area contributed by atoms with Gasteiger partial charge in [0.2, 0.25) is 0 Å². The van der Waals surface area contributed by atoms with Gasteiger partial charge in [-0.25, -0.2) is 0 Å². The minimum absolute atomic E-state index is 0.0963. The Labute approximate surface area is 133 Å². The van der Waals surface area contributed by atoms with Crippen molar-refractivity contribution in [2.24, 2.45) is 22.7 Å². The van der Waals surface area contributed by atoms with Crippen LogP contribution in [0.15, 0.2) is 18.2 Å². The summed E-state index contributed by atoms with van der Waals surface area (Å²) < 4.78 is 0. The van der Waals surface area contributed by atoms with E-state index in [2.05, 4.69) is 26.8 Å². The van der Waals surface area contributed by atoms with Crippen molar-refractivity contribution in [1.82, 2.24) is 0 Å². The molecule has 0 unspecified atom stereocenters. The van der Waals surface area contributed by atoms with Crippen molar-refractivity contribution in [3.8, 4) is 5.75 Å². The number of hydrogen-bond donors (Lipinski definition) is 2. The molecule has 0 spiro atoms. The van der Waals surface area contributed by atoms with Crippen LogP contribution in [0.1, 0.15) is 63.5 Å². The summed E-state index contributed by atoms with van der Waals surface area (Å²) in [5.41, 5.74) is 3.14. The smallest absolute Gasteiger partial charge is 0.115 e. The Bertz CT molecular complexity index is 606. The third-order valence-corrected chi connectivity index (χ3v) is 7.25. The highest BCUT2D eigenvalue weighted by Gasteiger charge is 2.61. The molecule has 0 bridgehead atoms. The zero-order chi connectivity index (χ0) is 15.7. The minimum atomic E-state index is -0.144. The molecule has 0 saturated heterocycles. The van der Waals surface area contributed by atoms with Crippen LogP contribution in [0.25, 0.3) is 0 Å². The van der Waals surface area contributed by atoms with Gasteiger partial charge < -0.3 is 10.2 Å². The molecule has 0 radical (unpaired) electrons. The quantitative estimate of drug-likeness (QED) is 0.752. The molecule has 22 heavy (non-hydrogen) atoms. The molecule has 0 aromatic heterocycles. The first-order chi connectivity index (χ1) is 10.3. The first kappa shape index (κ1) is 14.6. The Balaban J connectivity index is 1.76. The summed E-state index contributed by atoms with van der Waals surface area (Å²) in [5, 5.41) is 20.5. The number of aliphatic hydroxyl groups excluding tert-OH is 1. The normalized spacial score (nSPS) is 42.4. The number of hydrogen-bond acceptors (Lipinski definition) is 2. The Morgan fingerprint density at radius 3 is 2.68 bits per heavy atom. The zero-order valence-electron chi connectivity index (χ0n) is 14.0. The fourth-order valence-corrected chi connectivity index (χ4v) is 6.51. The Morgan fingerprint density at radius 1 is 1.14 bits per heavy atom. The van der Waals surface area contributed by atoms with Crippen molar-refractivity contribution in [2.45, 2.75) is 64.9 Å². The number of aliphatic hydroxyl groups is 1. The summed E-state index contributed by atoms with van der Waals surface area (Å²) in [7, 11) is 0. The molecular weight excluding hydrogens is 272 g/mol. The third-order valence-electron chi connectivity index (χ3n) is 7.25. The number of phenolic OH excluding ortho intramolecular Hbond substituents is 1. The number of aromatic hydroxyl groups is 1. The summed E-state index contributed by atoms with van der Waals surface area (Å²) in [5.74, 6) is 2.31. The van der Waals surface area contributed by atoms with Crippen LogP contribution in [-0.2, 0) is 6.42 Å². The highest BCUT2D eigenvalue weighted by atomic mass is 16.3. The fourth-order valence-electron chi connectivity index (χ4n) is 6.51. The Hall–Kier alpha value is -1.02. The van der Waals surface area contributed by atoms with E-state index in [-0.39, 0.29) is 16.9 Å². The van der Waals surface area contributed by atoms with Gasteiger partial charge in [0.1, 0.15) is 5.75 Å². The molecule has 0 amide bonds. The average Bonchev–Trinajstić information content (AvgIpc) is 2.63. The SMILES string of the molecule is CC1(C)C[C@H](O)[C@@]2(C)CC[C@@H]3c4ccc(O)cc4CC[C@H]3[C@H]12. The maximum Gasteiger partial charge on any atom is 0.115 e. The first-order valence-corrected chi connectivity index (χ1v) is 8.83. The molecule has 5 atom stereocenters. The molecule has 1 aromatic carbocycles. The summed E-state index contributed by atoms with van der Waals surface area (Å²) >= 11 is 0. The zero-order valence-corrected chi connectivity index (χ0v) is 14.0. The largest absolute Gasteiger partial charge is 0.508 e. The van der Waals surface area contributed by atoms with Gasteiger partial charge in [0.15, 0.2) is 0 Å². The number of benzene rings is 1. The predicted octanol–water partition coefficient (Wildman–Crippen LogP) is 4.25. The lowest BCUT2D eigenvalue weighted by molar-refractivity contribution is -0.0404. The van der Waals surface area contributed by atoms with E-state index in [0.29, 0.717) is 23.5 Å². The van der Waals surface area contributed by atoms with Crippen molar-refractivity contribution >= 4 is 0 Å². The second kappa shape index (κ2) is 4.50. The van der Waals surface area contributed by atoms with Gasteiger partial charge in [-0.05, 0) is 83.9 Å². The predicted molar refractivity (Wildman–Crippen MR) is 87.9 cm³/mol. The van der Waals surface area contributed by atoms with Gasteiger partial charge in [0.05, 0.1) is 6.10 Å². The standard InChI is InChI=1S/C20H28O2/c1-19(2)11-17(22)20(3)9-8-15-14-7-5-13(21)10-12(14)4-6-16(15)18(19)20/h5,7,10,15-18,21-22H,4,6,8-9,11H2,1-3H3/t15-,16-,17+,18-,20-/m1/s1. The molecule has 2 saturated carbocycles. The molecule has 2 N–H and O–H groups in total. The fraction of sp³-hybridized carbons (Fsp3) is 0.700. The van der Waals surface area contributed by atoms with Gasteiger partial charge in [0, 0.05) is 0 Å². The molecule has 3 aliphatic rings. The van der Waals surface area contributed by atoms with Gasteiger partial charge in [-0.15, -0.1) is 0 Å². The molecule has 120 valence electrons. The van der Waals surface area contributed by atoms with Crippen LogP contribution in [0.3, 0.4) is 0 Å². The van der Waals surface area contributed by atoms with E-state index in [1.807, 2.05) is 12.1 Å². The van der Waals surface area contributed by atoms with E-state index >= 15 is 0 Å². The van der Waals surface area contributed by atoms with Gasteiger partial charge in [-0.1, -0.05) is 26.8 Å². The average molecular weight is 300 g/mol. The van der Waals surface area contributed by atoms with E-state index in [4.69, 9.17) is 0 Å². The summed E-state index contributed by atoms with van der Waals surface area (Å²) in [6, 6.07) is 5.97. The molecule has 0 aliphatic heterocycles. The Kier molecular flexibility index (Phi) is 2.98. The van der Waals surface area contributed by atoms with E-state index in [1.165, 1.54) is 24.0 Å². The Morgan fingerprint density at radius 2 is 1.91 bits per heavy atom. The van der Waals surface area contributed by atoms with Crippen LogP contribution in [0, 0.1) is 22.7 Å². The van der Waals surface area contributed by atoms with Crippen molar-refractivity contribution in [2.75, 3.05) is 0 Å². The lowest BCUT2D eigenvalue weighted by Gasteiger charge is -2.53. The molecule has 1 aromatic rings. The van der Waals surface area contributed by atoms with Gasteiger partial charge >= 0.3 is 0 Å². The molecule has 4 rings (SSSR count). The summed E-state index contributed by atoms with van der Waals surface area (Å²) in [4.78, 5) is 0. The van der Waals surface area contributed by atoms with Crippen LogP contribution < -0.4 is 0 Å². The molecule has 3 aliphatic carbocycles. The third kappa shape index (κ3) is 1.83. The summed E-state index contributed by atoms with van der Waals surface area (Å²) in [6.07, 6.45) is 5.39. The van der Waals surface area contributed by atoms with Crippen LogP contribution >= 0.6 is 0 Å². The van der Waals surface area contributed by atoms with Crippen LogP contribution in [-0.4, -0.2) is 16.3 Å². The summed E-state index contributed by atoms with van der Waals surface area (Å²) in [6.45, 7) is 7.06. The maximum atomic E-state index is 10.7. The number of aryl methyl sites for hydroxylation is 1. The van der Waals surface area contributed by atoms with Crippen molar-refractivity contribution in [1.29, 1.82) is 0 Å². The monoisotopic (exact) mass is 300 g/mol. The van der Waals surface area contributed by atoms with Crippen molar-refractivity contribution in [3.05, 3.63) is 29.3 Å². The second-order valence-electron chi connectivity index (χ2n) is 8.92. The van der Waals surface area contributed by atoms with Crippen LogP contribution in [0.2, 0.25) is 0 Å². The number of rotatable bonds is 0. The van der Waals surface area contributed by atoms with Crippen LogP contribution in [0.5, 0.6) is 5.75 Å². The van der Waals surface area contributed by atoms with E-state index in [0.717, 1.165) is 19.3 Å². The lowest BCUT2D eigenvalue weighted by atomic mass is 9.52. The lowest BCUT2D eigenvalue weighted by Crippen LogP contribution is -2.46. The topological polar surface area (TPSA) is 40.5 Å². The van der Waals surface area contributed by atoms with E-state index in [1.54, 1.807) is 0 Å². The molecule has 2 heteroatoms.